The van der Waals surface area contributed by atoms with E-state index >= 15 is 0 Å². The number of halogens is 1. The molecule has 0 bridgehead atoms. The standard InChI is InChI=1S/C33H29FN4O8S2/c1-19(46-48(3,42)43)17-38(47(40)41)18-23-15-28-26(29(32(39)35-2)30(44-28)20-9-11-24(34)12-10-20)16-25(23)21-6-4-7-22(14-21)33-37-31-27(45-33)8-5-13-36-31/h4-16,19,47H,17-18H2,1-3H3,(H,35,39). The van der Waals surface area contributed by atoms with Crippen molar-refractivity contribution in [2.45, 2.75) is 19.6 Å². The number of pyridine rings is 1. The summed E-state index contributed by atoms with van der Waals surface area (Å²) in [4.78, 5) is 22.0. The molecule has 1 atom stereocenters. The summed E-state index contributed by atoms with van der Waals surface area (Å²) in [7, 11) is -5.57. The maximum atomic E-state index is 13.8. The molecule has 48 heavy (non-hydrogen) atoms. The molecule has 248 valence electrons. The smallest absolute Gasteiger partial charge is 0.264 e. The molecule has 3 heterocycles. The van der Waals surface area contributed by atoms with Crippen LogP contribution in [0.3, 0.4) is 0 Å². The van der Waals surface area contributed by atoms with Crippen LogP contribution in [0, 0.1) is 5.82 Å². The number of carbonyl (C=O) groups is 1. The van der Waals surface area contributed by atoms with Gasteiger partial charge in [-0.2, -0.15) is 17.7 Å². The monoisotopic (exact) mass is 692 g/mol. The van der Waals surface area contributed by atoms with E-state index in [4.69, 9.17) is 13.0 Å². The molecule has 0 radical (unpaired) electrons. The van der Waals surface area contributed by atoms with E-state index in [2.05, 4.69) is 15.3 Å². The zero-order valence-electron chi connectivity index (χ0n) is 25.8. The fourth-order valence-corrected chi connectivity index (χ4v) is 6.75. The summed E-state index contributed by atoms with van der Waals surface area (Å²) in [5.74, 6) is -0.397. The van der Waals surface area contributed by atoms with Crippen LogP contribution >= 0.6 is 0 Å². The largest absolute Gasteiger partial charge is 0.455 e. The number of nitrogens with zero attached hydrogens (tertiary/aromatic N) is 3. The molecular formula is C33H29FN4O8S2. The Morgan fingerprint density at radius 2 is 1.75 bits per heavy atom. The van der Waals surface area contributed by atoms with E-state index in [0.29, 0.717) is 50.3 Å². The van der Waals surface area contributed by atoms with Gasteiger partial charge in [0.05, 0.1) is 17.9 Å². The van der Waals surface area contributed by atoms with Crippen molar-refractivity contribution in [2.24, 2.45) is 0 Å². The lowest BCUT2D eigenvalue weighted by molar-refractivity contribution is 0.0964. The third-order valence-corrected chi connectivity index (χ3v) is 8.90. The Labute approximate surface area is 276 Å². The van der Waals surface area contributed by atoms with Crippen molar-refractivity contribution in [1.29, 1.82) is 0 Å². The van der Waals surface area contributed by atoms with Crippen LogP contribution in [0.25, 0.3) is 56.1 Å². The summed E-state index contributed by atoms with van der Waals surface area (Å²) >= 11 is 0. The van der Waals surface area contributed by atoms with Crippen LogP contribution < -0.4 is 5.32 Å². The van der Waals surface area contributed by atoms with Gasteiger partial charge in [0.1, 0.15) is 17.2 Å². The molecule has 0 fully saturated rings. The molecular weight excluding hydrogens is 664 g/mol. The summed E-state index contributed by atoms with van der Waals surface area (Å²) in [6.07, 6.45) is 1.51. The lowest BCUT2D eigenvalue weighted by Crippen LogP contribution is -2.32. The number of benzene rings is 3. The van der Waals surface area contributed by atoms with Crippen molar-refractivity contribution in [3.05, 3.63) is 95.9 Å². The normalized spacial score (nSPS) is 12.7. The average molecular weight is 693 g/mol. The molecule has 1 N–H and O–H groups in total. The molecule has 0 saturated heterocycles. The second kappa shape index (κ2) is 13.3. The first-order valence-electron chi connectivity index (χ1n) is 14.6. The number of hydrogen-bond donors (Lipinski definition) is 2. The highest BCUT2D eigenvalue weighted by Crippen LogP contribution is 2.39. The van der Waals surface area contributed by atoms with Gasteiger partial charge in [0, 0.05) is 42.8 Å². The van der Waals surface area contributed by atoms with E-state index in [1.807, 2.05) is 12.1 Å². The summed E-state index contributed by atoms with van der Waals surface area (Å²) < 4.78 is 80.4. The first kappa shape index (κ1) is 33.0. The van der Waals surface area contributed by atoms with Gasteiger partial charge in [-0.1, -0.05) is 12.1 Å². The van der Waals surface area contributed by atoms with Gasteiger partial charge >= 0.3 is 0 Å². The van der Waals surface area contributed by atoms with Crippen LogP contribution in [0.1, 0.15) is 22.8 Å². The fourth-order valence-electron chi connectivity index (χ4n) is 5.46. The SMILES string of the molecule is CNC(=O)c1c(-c2ccc(F)cc2)oc2cc(CN(CC(C)OS(C)(=O)=O)[SH](=O)=O)c(-c3cccc(-c4nc5ncccc5o4)c3)cc12. The van der Waals surface area contributed by atoms with E-state index in [1.165, 1.54) is 38.2 Å². The maximum absolute atomic E-state index is 13.8. The van der Waals surface area contributed by atoms with Gasteiger partial charge in [-0.3, -0.25) is 8.98 Å². The van der Waals surface area contributed by atoms with E-state index in [-0.39, 0.29) is 30.0 Å². The summed E-state index contributed by atoms with van der Waals surface area (Å²) in [6, 6.07) is 19.5. The third kappa shape index (κ3) is 6.99. The predicted molar refractivity (Wildman–Crippen MR) is 177 cm³/mol. The van der Waals surface area contributed by atoms with E-state index in [9.17, 15) is 26.0 Å². The van der Waals surface area contributed by atoms with Gasteiger partial charge in [-0.25, -0.2) is 17.8 Å². The van der Waals surface area contributed by atoms with Crippen LogP contribution in [0.5, 0.6) is 0 Å². The molecule has 0 aliphatic rings. The molecule has 3 aromatic carbocycles. The molecule has 0 aliphatic carbocycles. The van der Waals surface area contributed by atoms with Crippen LogP contribution in [0.4, 0.5) is 4.39 Å². The van der Waals surface area contributed by atoms with Crippen LogP contribution in [0.15, 0.2) is 87.8 Å². The van der Waals surface area contributed by atoms with Crippen molar-refractivity contribution in [3.8, 4) is 33.9 Å². The van der Waals surface area contributed by atoms with Crippen LogP contribution in [0.2, 0.25) is 0 Å². The highest BCUT2D eigenvalue weighted by molar-refractivity contribution is 7.86. The summed E-state index contributed by atoms with van der Waals surface area (Å²) in [5, 5.41) is 3.06. The number of fused-ring (bicyclic) bond motifs is 2. The number of carbonyl (C=O) groups excluding carboxylic acids is 1. The Hall–Kier alpha value is -4.96. The Bertz CT molecular complexity index is 2310. The molecule has 6 rings (SSSR count). The van der Waals surface area contributed by atoms with Crippen molar-refractivity contribution >= 4 is 49.1 Å². The number of furan rings is 1. The Balaban J connectivity index is 1.54. The number of amides is 1. The fraction of sp³-hybridized carbons (Fsp3) is 0.182. The van der Waals surface area contributed by atoms with Crippen molar-refractivity contribution in [3.63, 3.8) is 0 Å². The van der Waals surface area contributed by atoms with Crippen molar-refractivity contribution in [2.75, 3.05) is 19.8 Å². The number of nitrogens with one attached hydrogen (secondary N) is 1. The summed E-state index contributed by atoms with van der Waals surface area (Å²) in [5.41, 5.74) is 4.14. The first-order chi connectivity index (χ1) is 22.9. The molecule has 1 amide bonds. The Morgan fingerprint density at radius 3 is 2.44 bits per heavy atom. The van der Waals surface area contributed by atoms with Gasteiger partial charge in [-0.15, -0.1) is 0 Å². The molecule has 3 aromatic heterocycles. The second-order valence-corrected chi connectivity index (χ2v) is 13.7. The minimum Gasteiger partial charge on any atom is -0.455 e. The van der Waals surface area contributed by atoms with Gasteiger partial charge < -0.3 is 14.2 Å². The minimum atomic E-state index is -3.85. The molecule has 15 heteroatoms. The van der Waals surface area contributed by atoms with Gasteiger partial charge in [-0.05, 0) is 84.3 Å². The van der Waals surface area contributed by atoms with Crippen molar-refractivity contribution < 1.29 is 39.0 Å². The summed E-state index contributed by atoms with van der Waals surface area (Å²) in [6.45, 7) is 0.995. The highest BCUT2D eigenvalue weighted by Gasteiger charge is 2.25. The van der Waals surface area contributed by atoms with Crippen molar-refractivity contribution in [1.82, 2.24) is 19.6 Å². The molecule has 0 saturated carbocycles. The number of oxazole rings is 1. The molecule has 6 aromatic rings. The quantitative estimate of drug-likeness (QED) is 0.137. The van der Waals surface area contributed by atoms with Crippen LogP contribution in [-0.2, 0) is 31.7 Å². The van der Waals surface area contributed by atoms with Gasteiger partial charge in [0.25, 0.3) is 16.0 Å². The minimum absolute atomic E-state index is 0.194. The third-order valence-electron chi connectivity index (χ3n) is 7.45. The lowest BCUT2D eigenvalue weighted by atomic mass is 9.94. The molecule has 0 aliphatic heterocycles. The highest BCUT2D eigenvalue weighted by atomic mass is 32.2. The Kier molecular flexibility index (Phi) is 9.11. The molecule has 1 unspecified atom stereocenters. The number of rotatable bonds is 11. The predicted octanol–water partition coefficient (Wildman–Crippen LogP) is 5.16. The number of aromatic nitrogens is 2. The van der Waals surface area contributed by atoms with Crippen LogP contribution in [-0.4, -0.2) is 63.0 Å². The van der Waals surface area contributed by atoms with Gasteiger partial charge in [0.2, 0.25) is 16.8 Å². The second-order valence-electron chi connectivity index (χ2n) is 11.0. The van der Waals surface area contributed by atoms with E-state index < -0.39 is 38.8 Å². The average Bonchev–Trinajstić information content (AvgIpc) is 3.65. The lowest BCUT2D eigenvalue weighted by Gasteiger charge is -2.21. The Morgan fingerprint density at radius 1 is 1.00 bits per heavy atom. The maximum Gasteiger partial charge on any atom is 0.264 e. The molecule has 12 nitrogen and oxygen atoms in total. The zero-order valence-corrected chi connectivity index (χ0v) is 27.5. The zero-order chi connectivity index (χ0) is 34.2. The first-order valence-corrected chi connectivity index (χ1v) is 17.5. The molecule has 0 spiro atoms. The topological polar surface area (TPSA) is 162 Å². The van der Waals surface area contributed by atoms with E-state index in [0.717, 1.165) is 10.6 Å². The number of thiol groups is 1. The van der Waals surface area contributed by atoms with Gasteiger partial charge in [0.15, 0.2) is 11.2 Å². The van der Waals surface area contributed by atoms with E-state index in [1.54, 1.807) is 42.6 Å². The number of hydrogen-bond acceptors (Lipinski definition) is 10.